The zero-order chi connectivity index (χ0) is 16.2. The molecule has 0 saturated carbocycles. The first kappa shape index (κ1) is 17.2. The molecule has 0 unspecified atom stereocenters. The molecule has 0 bridgehead atoms. The van der Waals surface area contributed by atoms with Crippen LogP contribution in [0.15, 0.2) is 18.2 Å². The number of carbonyl (C=O) groups excluding carboxylic acids is 2. The molecule has 0 saturated heterocycles. The fourth-order valence-corrected chi connectivity index (χ4v) is 3.60. The topological polar surface area (TPSA) is 106 Å². The lowest BCUT2D eigenvalue weighted by Gasteiger charge is -2.11. The van der Waals surface area contributed by atoms with Crippen molar-refractivity contribution in [3.8, 4) is 0 Å². The molecule has 0 aliphatic carbocycles. The second-order valence-corrected chi connectivity index (χ2v) is 7.45. The van der Waals surface area contributed by atoms with Crippen LogP contribution in [0.3, 0.4) is 0 Å². The molecule has 0 heterocycles. The highest BCUT2D eigenvalue weighted by molar-refractivity contribution is 7.92. The molecule has 0 spiro atoms. The number of hydrogen-bond acceptors (Lipinski definition) is 4. The molecule has 0 atom stereocenters. The molecule has 6 nitrogen and oxygen atoms in total. The van der Waals surface area contributed by atoms with Gasteiger partial charge in [0.15, 0.2) is 9.84 Å². The summed E-state index contributed by atoms with van der Waals surface area (Å²) < 4.78 is 23.5. The molecule has 0 fully saturated rings. The summed E-state index contributed by atoms with van der Waals surface area (Å²) in [5, 5.41) is 2.51. The SMILES string of the molecule is Cc1c(NC(=O)CS(=O)(=O)CC(C)C)cccc1C(N)=O. The van der Waals surface area contributed by atoms with Gasteiger partial charge in [-0.05, 0) is 30.5 Å². The molecular weight excluding hydrogens is 292 g/mol. The van der Waals surface area contributed by atoms with E-state index < -0.39 is 27.4 Å². The summed E-state index contributed by atoms with van der Waals surface area (Å²) >= 11 is 0. The number of benzene rings is 1. The molecule has 1 aromatic rings. The molecule has 0 aromatic heterocycles. The quantitative estimate of drug-likeness (QED) is 0.820. The van der Waals surface area contributed by atoms with Gasteiger partial charge in [-0.1, -0.05) is 19.9 Å². The predicted octanol–water partition coefficient (Wildman–Crippen LogP) is 1.10. The molecule has 21 heavy (non-hydrogen) atoms. The van der Waals surface area contributed by atoms with Gasteiger partial charge in [0.25, 0.3) is 0 Å². The normalized spacial score (nSPS) is 11.4. The fraction of sp³-hybridized carbons (Fsp3) is 0.429. The third-order valence-electron chi connectivity index (χ3n) is 2.81. The first-order chi connectivity index (χ1) is 9.62. The lowest BCUT2D eigenvalue weighted by molar-refractivity contribution is -0.113. The van der Waals surface area contributed by atoms with E-state index in [0.717, 1.165) is 0 Å². The van der Waals surface area contributed by atoms with Crippen LogP contribution in [0.1, 0.15) is 29.8 Å². The van der Waals surface area contributed by atoms with E-state index in [1.807, 2.05) is 0 Å². The molecule has 2 amide bonds. The maximum absolute atomic E-state index is 11.8. The zero-order valence-corrected chi connectivity index (χ0v) is 13.2. The highest BCUT2D eigenvalue weighted by Gasteiger charge is 2.19. The Morgan fingerprint density at radius 2 is 1.90 bits per heavy atom. The largest absolute Gasteiger partial charge is 0.366 e. The number of nitrogens with two attached hydrogens (primary N) is 1. The number of amides is 2. The summed E-state index contributed by atoms with van der Waals surface area (Å²) in [5.41, 5.74) is 6.41. The van der Waals surface area contributed by atoms with Crippen molar-refractivity contribution >= 4 is 27.3 Å². The molecule has 7 heteroatoms. The van der Waals surface area contributed by atoms with E-state index in [0.29, 0.717) is 11.3 Å². The van der Waals surface area contributed by atoms with Crippen molar-refractivity contribution in [1.29, 1.82) is 0 Å². The first-order valence-corrected chi connectivity index (χ1v) is 8.34. The van der Waals surface area contributed by atoms with Gasteiger partial charge in [-0.3, -0.25) is 9.59 Å². The molecule has 116 valence electrons. The van der Waals surface area contributed by atoms with Crippen molar-refractivity contribution in [2.45, 2.75) is 20.8 Å². The predicted molar refractivity (Wildman–Crippen MR) is 81.8 cm³/mol. The van der Waals surface area contributed by atoms with E-state index in [1.54, 1.807) is 39.0 Å². The average molecular weight is 312 g/mol. The van der Waals surface area contributed by atoms with E-state index in [4.69, 9.17) is 5.73 Å². The highest BCUT2D eigenvalue weighted by Crippen LogP contribution is 2.18. The highest BCUT2D eigenvalue weighted by atomic mass is 32.2. The number of carbonyl (C=O) groups is 2. The van der Waals surface area contributed by atoms with Gasteiger partial charge in [0.05, 0.1) is 5.75 Å². The zero-order valence-electron chi connectivity index (χ0n) is 12.3. The first-order valence-electron chi connectivity index (χ1n) is 6.52. The monoisotopic (exact) mass is 312 g/mol. The molecule has 0 aliphatic rings. The van der Waals surface area contributed by atoms with Crippen LogP contribution in [0.5, 0.6) is 0 Å². The van der Waals surface area contributed by atoms with Crippen molar-refractivity contribution in [2.75, 3.05) is 16.8 Å². The summed E-state index contributed by atoms with van der Waals surface area (Å²) in [6, 6.07) is 4.71. The maximum atomic E-state index is 11.8. The Hall–Kier alpha value is -1.89. The molecule has 1 rings (SSSR count). The Balaban J connectivity index is 2.85. The summed E-state index contributed by atoms with van der Waals surface area (Å²) in [6.07, 6.45) is 0. The van der Waals surface area contributed by atoms with E-state index >= 15 is 0 Å². The van der Waals surface area contributed by atoms with Gasteiger partial charge < -0.3 is 11.1 Å². The second-order valence-electron chi connectivity index (χ2n) is 5.34. The number of anilines is 1. The van der Waals surface area contributed by atoms with E-state index in [9.17, 15) is 18.0 Å². The van der Waals surface area contributed by atoms with Gasteiger partial charge in [0, 0.05) is 11.3 Å². The minimum atomic E-state index is -3.44. The summed E-state index contributed by atoms with van der Waals surface area (Å²) in [4.78, 5) is 23.1. The lowest BCUT2D eigenvalue weighted by Crippen LogP contribution is -2.26. The number of sulfone groups is 1. The van der Waals surface area contributed by atoms with E-state index in [2.05, 4.69) is 5.32 Å². The van der Waals surface area contributed by atoms with Crippen LogP contribution in [0.2, 0.25) is 0 Å². The minimum Gasteiger partial charge on any atom is -0.366 e. The van der Waals surface area contributed by atoms with Crippen molar-refractivity contribution in [3.05, 3.63) is 29.3 Å². The van der Waals surface area contributed by atoms with Crippen LogP contribution < -0.4 is 11.1 Å². The fourth-order valence-electron chi connectivity index (χ4n) is 1.99. The Bertz CT molecular complexity index is 651. The Morgan fingerprint density at radius 1 is 1.29 bits per heavy atom. The van der Waals surface area contributed by atoms with Crippen molar-refractivity contribution < 1.29 is 18.0 Å². The van der Waals surface area contributed by atoms with Crippen molar-refractivity contribution in [1.82, 2.24) is 0 Å². The average Bonchev–Trinajstić information content (AvgIpc) is 2.28. The Labute approximate surface area is 124 Å². The minimum absolute atomic E-state index is 0.0391. The van der Waals surface area contributed by atoms with Crippen LogP contribution in [0.4, 0.5) is 5.69 Å². The van der Waals surface area contributed by atoms with Crippen LogP contribution >= 0.6 is 0 Å². The smallest absolute Gasteiger partial charge is 0.249 e. The molecule has 0 radical (unpaired) electrons. The van der Waals surface area contributed by atoms with Crippen LogP contribution in [0, 0.1) is 12.8 Å². The van der Waals surface area contributed by atoms with Gasteiger partial charge in [-0.15, -0.1) is 0 Å². The lowest BCUT2D eigenvalue weighted by atomic mass is 10.1. The number of hydrogen-bond donors (Lipinski definition) is 2. The maximum Gasteiger partial charge on any atom is 0.249 e. The Kier molecular flexibility index (Phi) is 5.48. The molecular formula is C14H20N2O4S. The van der Waals surface area contributed by atoms with Crippen LogP contribution in [-0.2, 0) is 14.6 Å². The molecule has 1 aromatic carbocycles. The van der Waals surface area contributed by atoms with Crippen LogP contribution in [0.25, 0.3) is 0 Å². The van der Waals surface area contributed by atoms with Gasteiger partial charge >= 0.3 is 0 Å². The number of rotatable bonds is 6. The van der Waals surface area contributed by atoms with Gasteiger partial charge in [-0.2, -0.15) is 0 Å². The third-order valence-corrected chi connectivity index (χ3v) is 4.69. The number of primary amides is 1. The van der Waals surface area contributed by atoms with E-state index in [1.165, 1.54) is 0 Å². The summed E-state index contributed by atoms with van der Waals surface area (Å²) in [6.45, 7) is 5.18. The van der Waals surface area contributed by atoms with Gasteiger partial charge in [0.2, 0.25) is 11.8 Å². The van der Waals surface area contributed by atoms with Crippen molar-refractivity contribution in [2.24, 2.45) is 11.7 Å². The van der Waals surface area contributed by atoms with Gasteiger partial charge in [0.1, 0.15) is 5.75 Å². The molecule has 0 aliphatic heterocycles. The molecule has 3 N–H and O–H groups in total. The Morgan fingerprint density at radius 3 is 2.43 bits per heavy atom. The summed E-state index contributed by atoms with van der Waals surface area (Å²) in [7, 11) is -3.44. The van der Waals surface area contributed by atoms with Gasteiger partial charge in [-0.25, -0.2) is 8.42 Å². The van der Waals surface area contributed by atoms with Crippen LogP contribution in [-0.4, -0.2) is 31.7 Å². The second kappa shape index (κ2) is 6.71. The van der Waals surface area contributed by atoms with Crippen molar-refractivity contribution in [3.63, 3.8) is 0 Å². The van der Waals surface area contributed by atoms with E-state index in [-0.39, 0.29) is 17.2 Å². The third kappa shape index (κ3) is 5.18. The number of nitrogens with one attached hydrogen (secondary N) is 1. The standard InChI is InChI=1S/C14H20N2O4S/c1-9(2)7-21(19,20)8-13(17)16-12-6-4-5-11(10(12)3)14(15)18/h4-6,9H,7-8H2,1-3H3,(H2,15,18)(H,16,17). The summed E-state index contributed by atoms with van der Waals surface area (Å²) in [5.74, 6) is -1.88.